The molecule has 0 amide bonds. The van der Waals surface area contributed by atoms with E-state index >= 15 is 0 Å². The summed E-state index contributed by atoms with van der Waals surface area (Å²) in [5.74, 6) is 0.879. The Balaban J connectivity index is 2.52. The second-order valence-electron chi connectivity index (χ2n) is 4.51. The first-order chi connectivity index (χ1) is 7.49. The number of nitrogens with zero attached hydrogens (tertiary/aromatic N) is 1. The zero-order valence-corrected chi connectivity index (χ0v) is 11.4. The van der Waals surface area contributed by atoms with Crippen LogP contribution in [-0.4, -0.2) is 51.2 Å². The van der Waals surface area contributed by atoms with E-state index in [-0.39, 0.29) is 11.7 Å². The summed E-state index contributed by atoms with van der Waals surface area (Å²) in [6.07, 6.45) is 0.891. The molecule has 0 aromatic carbocycles. The van der Waals surface area contributed by atoms with Crippen molar-refractivity contribution in [3.8, 4) is 0 Å². The van der Waals surface area contributed by atoms with Crippen LogP contribution in [0.1, 0.15) is 13.3 Å². The van der Waals surface area contributed by atoms with Crippen LogP contribution < -0.4 is 0 Å². The Morgan fingerprint density at radius 1 is 1.56 bits per heavy atom. The van der Waals surface area contributed by atoms with Crippen molar-refractivity contribution < 1.29 is 13.2 Å². The molecule has 0 spiro atoms. The molecule has 1 heterocycles. The molecule has 16 heavy (non-hydrogen) atoms. The number of rotatable bonds is 6. The lowest BCUT2D eigenvalue weighted by atomic mass is 10.1. The summed E-state index contributed by atoms with van der Waals surface area (Å²) in [5, 5.41) is 0. The summed E-state index contributed by atoms with van der Waals surface area (Å²) in [7, 11) is -1.48. The van der Waals surface area contributed by atoms with E-state index in [1.54, 1.807) is 11.4 Å². The third-order valence-corrected chi connectivity index (χ3v) is 5.44. The number of ether oxygens (including phenoxy) is 1. The number of methoxy groups -OCH3 is 1. The minimum absolute atomic E-state index is 0.00754. The molecular weight excluding hydrogens is 250 g/mol. The Kier molecular flexibility index (Phi) is 5.50. The molecule has 0 saturated carbocycles. The van der Waals surface area contributed by atoms with Crippen LogP contribution in [0.15, 0.2) is 0 Å². The highest BCUT2D eigenvalue weighted by Gasteiger charge is 2.31. The first-order valence-electron chi connectivity index (χ1n) is 5.52. The van der Waals surface area contributed by atoms with E-state index < -0.39 is 10.0 Å². The fourth-order valence-corrected chi connectivity index (χ4v) is 4.04. The molecule has 1 aliphatic heterocycles. The zero-order valence-electron chi connectivity index (χ0n) is 9.86. The van der Waals surface area contributed by atoms with E-state index in [4.69, 9.17) is 16.3 Å². The van der Waals surface area contributed by atoms with Crippen LogP contribution in [0.4, 0.5) is 0 Å². The third-order valence-electron chi connectivity index (χ3n) is 2.80. The second-order valence-corrected chi connectivity index (χ2v) is 6.83. The van der Waals surface area contributed by atoms with E-state index in [0.29, 0.717) is 31.5 Å². The molecule has 0 radical (unpaired) electrons. The Morgan fingerprint density at radius 2 is 2.25 bits per heavy atom. The monoisotopic (exact) mass is 269 g/mol. The Morgan fingerprint density at radius 3 is 2.81 bits per heavy atom. The van der Waals surface area contributed by atoms with Gasteiger partial charge in [-0.05, 0) is 18.3 Å². The van der Waals surface area contributed by atoms with Gasteiger partial charge in [-0.1, -0.05) is 6.92 Å². The van der Waals surface area contributed by atoms with Gasteiger partial charge in [-0.3, -0.25) is 0 Å². The average molecular weight is 270 g/mol. The number of hydrogen-bond acceptors (Lipinski definition) is 3. The summed E-state index contributed by atoms with van der Waals surface area (Å²) in [4.78, 5) is 0. The minimum Gasteiger partial charge on any atom is -0.384 e. The van der Waals surface area contributed by atoms with Gasteiger partial charge in [0.1, 0.15) is 0 Å². The van der Waals surface area contributed by atoms with Gasteiger partial charge >= 0.3 is 0 Å². The summed E-state index contributed by atoms with van der Waals surface area (Å²) in [5.41, 5.74) is 0. The lowest BCUT2D eigenvalue weighted by Crippen LogP contribution is -2.33. The molecular formula is C10H20ClNO3S. The highest BCUT2D eigenvalue weighted by Crippen LogP contribution is 2.21. The van der Waals surface area contributed by atoms with E-state index in [9.17, 15) is 8.42 Å². The number of alkyl halides is 1. The largest absolute Gasteiger partial charge is 0.384 e. The molecule has 2 atom stereocenters. The molecule has 0 aromatic rings. The normalized spacial score (nSPS) is 24.8. The molecule has 96 valence electrons. The smallest absolute Gasteiger partial charge is 0.214 e. The lowest BCUT2D eigenvalue weighted by molar-refractivity contribution is 0.157. The van der Waals surface area contributed by atoms with Crippen LogP contribution >= 0.6 is 11.6 Å². The van der Waals surface area contributed by atoms with Crippen LogP contribution in [0.2, 0.25) is 0 Å². The summed E-state index contributed by atoms with van der Waals surface area (Å²) >= 11 is 5.64. The zero-order chi connectivity index (χ0) is 12.2. The maximum atomic E-state index is 12.0. The predicted octanol–water partition coefficient (Wildman–Crippen LogP) is 1.16. The quantitative estimate of drug-likeness (QED) is 0.680. The first kappa shape index (κ1) is 14.2. The second kappa shape index (κ2) is 6.19. The van der Waals surface area contributed by atoms with E-state index in [2.05, 4.69) is 0 Å². The van der Waals surface area contributed by atoms with Gasteiger partial charge in [0.05, 0.1) is 12.4 Å². The molecule has 1 fully saturated rings. The van der Waals surface area contributed by atoms with Gasteiger partial charge in [-0.2, -0.15) is 0 Å². The molecule has 0 bridgehead atoms. The van der Waals surface area contributed by atoms with Crippen LogP contribution in [0, 0.1) is 11.8 Å². The molecule has 1 saturated heterocycles. The standard InChI is InChI=1S/C10H20ClNO3S/c1-9(5-11)8-16(13,14)12-4-3-10(6-12)7-15-2/h9-10H,3-8H2,1-2H3. The first-order valence-corrected chi connectivity index (χ1v) is 7.66. The SMILES string of the molecule is COCC1CCN(S(=O)(=O)CC(C)CCl)C1. The Bertz CT molecular complexity index is 307. The summed E-state index contributed by atoms with van der Waals surface area (Å²) in [6, 6.07) is 0. The number of halogens is 1. The minimum atomic E-state index is -3.13. The van der Waals surface area contributed by atoms with Gasteiger partial charge in [0.25, 0.3) is 0 Å². The maximum absolute atomic E-state index is 12.0. The topological polar surface area (TPSA) is 46.6 Å². The van der Waals surface area contributed by atoms with E-state index in [0.717, 1.165) is 6.42 Å². The highest BCUT2D eigenvalue weighted by atomic mass is 35.5. The highest BCUT2D eigenvalue weighted by molar-refractivity contribution is 7.89. The fraction of sp³-hybridized carbons (Fsp3) is 1.00. The van der Waals surface area contributed by atoms with Crippen LogP contribution in [0.3, 0.4) is 0 Å². The van der Waals surface area contributed by atoms with Crippen LogP contribution in [0.5, 0.6) is 0 Å². The van der Waals surface area contributed by atoms with E-state index in [1.807, 2.05) is 6.92 Å². The van der Waals surface area contributed by atoms with Gasteiger partial charge in [0.15, 0.2) is 0 Å². The van der Waals surface area contributed by atoms with Crippen molar-refractivity contribution in [2.75, 3.05) is 38.4 Å². The third kappa shape index (κ3) is 3.87. The molecule has 2 unspecified atom stereocenters. The van der Waals surface area contributed by atoms with Gasteiger partial charge in [-0.15, -0.1) is 11.6 Å². The molecule has 6 heteroatoms. The molecule has 0 aromatic heterocycles. The van der Waals surface area contributed by atoms with Gasteiger partial charge in [-0.25, -0.2) is 12.7 Å². The average Bonchev–Trinajstić information content (AvgIpc) is 2.67. The predicted molar refractivity (Wildman–Crippen MR) is 65.2 cm³/mol. The van der Waals surface area contributed by atoms with Crippen LogP contribution in [-0.2, 0) is 14.8 Å². The summed E-state index contributed by atoms with van der Waals surface area (Å²) in [6.45, 7) is 3.70. The van der Waals surface area contributed by atoms with Gasteiger partial charge in [0.2, 0.25) is 10.0 Å². The molecule has 1 aliphatic rings. The van der Waals surface area contributed by atoms with Gasteiger partial charge < -0.3 is 4.74 Å². The molecule has 1 rings (SSSR count). The molecule has 4 nitrogen and oxygen atoms in total. The van der Waals surface area contributed by atoms with Crippen LogP contribution in [0.25, 0.3) is 0 Å². The summed E-state index contributed by atoms with van der Waals surface area (Å²) < 4.78 is 30.6. The van der Waals surface area contributed by atoms with Crippen molar-refractivity contribution in [2.24, 2.45) is 11.8 Å². The van der Waals surface area contributed by atoms with Crippen molar-refractivity contribution in [2.45, 2.75) is 13.3 Å². The van der Waals surface area contributed by atoms with E-state index in [1.165, 1.54) is 0 Å². The van der Waals surface area contributed by atoms with Crippen molar-refractivity contribution >= 4 is 21.6 Å². The Hall–Kier alpha value is 0.160. The number of sulfonamides is 1. The maximum Gasteiger partial charge on any atom is 0.214 e. The molecule has 0 N–H and O–H groups in total. The van der Waals surface area contributed by atoms with Gasteiger partial charge in [0, 0.05) is 26.1 Å². The van der Waals surface area contributed by atoms with Crippen molar-refractivity contribution in [1.82, 2.24) is 4.31 Å². The fourth-order valence-electron chi connectivity index (χ4n) is 1.93. The van der Waals surface area contributed by atoms with Crippen molar-refractivity contribution in [3.63, 3.8) is 0 Å². The van der Waals surface area contributed by atoms with Crippen molar-refractivity contribution in [3.05, 3.63) is 0 Å². The van der Waals surface area contributed by atoms with Crippen molar-refractivity contribution in [1.29, 1.82) is 0 Å². The Labute approximate surface area is 103 Å². The molecule has 0 aliphatic carbocycles. The lowest BCUT2D eigenvalue weighted by Gasteiger charge is -2.18. The number of hydrogen-bond donors (Lipinski definition) is 0.